The van der Waals surface area contributed by atoms with Gasteiger partial charge in [0.1, 0.15) is 11.9 Å². The highest BCUT2D eigenvalue weighted by Gasteiger charge is 2.33. The number of ether oxygens (including phenoxy) is 1. The van der Waals surface area contributed by atoms with Crippen molar-refractivity contribution in [1.29, 1.82) is 0 Å². The Morgan fingerprint density at radius 2 is 1.89 bits per heavy atom. The van der Waals surface area contributed by atoms with Crippen LogP contribution in [0.5, 0.6) is 0 Å². The van der Waals surface area contributed by atoms with Crippen molar-refractivity contribution in [1.82, 2.24) is 30.1 Å². The van der Waals surface area contributed by atoms with E-state index in [0.29, 0.717) is 56.4 Å². The molecule has 1 saturated heterocycles. The summed E-state index contributed by atoms with van der Waals surface area (Å²) in [6.45, 7) is 7.41. The fraction of sp³-hybridized carbons (Fsp3) is 0.385. The number of nitrogens with zero attached hydrogens (tertiary/aromatic N) is 6. The predicted molar refractivity (Wildman–Crippen MR) is 136 cm³/mol. The minimum absolute atomic E-state index is 0.171. The molecule has 1 aliphatic heterocycles. The number of benzene rings is 2. The van der Waals surface area contributed by atoms with E-state index in [4.69, 9.17) is 4.74 Å². The molecule has 0 unspecified atom stereocenters. The third kappa shape index (κ3) is 4.61. The molecular weight excluding hydrogens is 461 g/mol. The summed E-state index contributed by atoms with van der Waals surface area (Å²) in [7, 11) is 1.63. The van der Waals surface area contributed by atoms with Crippen molar-refractivity contribution in [2.75, 3.05) is 44.8 Å². The first-order valence-corrected chi connectivity index (χ1v) is 12.1. The van der Waals surface area contributed by atoms with Crippen molar-refractivity contribution in [2.45, 2.75) is 26.4 Å². The number of methoxy groups -OCH3 is 1. The summed E-state index contributed by atoms with van der Waals surface area (Å²) < 4.78 is 21.4. The molecule has 1 fully saturated rings. The van der Waals surface area contributed by atoms with Crippen molar-refractivity contribution in [3.05, 3.63) is 81.2 Å². The van der Waals surface area contributed by atoms with E-state index in [9.17, 15) is 9.18 Å². The lowest BCUT2D eigenvalue weighted by Gasteiger charge is -2.39. The molecule has 2 aromatic carbocycles. The lowest BCUT2D eigenvalue weighted by Crippen LogP contribution is -2.49. The van der Waals surface area contributed by atoms with Crippen molar-refractivity contribution in [3.63, 3.8) is 0 Å². The third-order valence-electron chi connectivity index (χ3n) is 6.82. The van der Waals surface area contributed by atoms with E-state index in [0.717, 1.165) is 22.0 Å². The van der Waals surface area contributed by atoms with Crippen LogP contribution in [0.25, 0.3) is 10.9 Å². The molecule has 10 heteroatoms. The number of tetrazole rings is 1. The summed E-state index contributed by atoms with van der Waals surface area (Å²) in [6, 6.07) is 12.4. The Balaban J connectivity index is 1.55. The van der Waals surface area contributed by atoms with E-state index >= 15 is 0 Å². The molecule has 0 amide bonds. The van der Waals surface area contributed by atoms with E-state index in [2.05, 4.69) is 31.5 Å². The van der Waals surface area contributed by atoms with Gasteiger partial charge in [-0.15, -0.1) is 5.10 Å². The number of aryl methyl sites for hydroxylation is 2. The molecule has 2 aromatic heterocycles. The molecule has 4 aromatic rings. The second kappa shape index (κ2) is 10.2. The normalized spacial score (nSPS) is 15.5. The Labute approximate surface area is 208 Å². The number of halogens is 1. The quantitative estimate of drug-likeness (QED) is 0.425. The minimum Gasteiger partial charge on any atom is -0.383 e. The fourth-order valence-electron chi connectivity index (χ4n) is 5.07. The smallest absolute Gasteiger partial charge is 0.253 e. The number of piperazine rings is 1. The van der Waals surface area contributed by atoms with Crippen LogP contribution in [-0.2, 0) is 11.3 Å². The maximum Gasteiger partial charge on any atom is 0.253 e. The van der Waals surface area contributed by atoms with E-state index < -0.39 is 6.04 Å². The van der Waals surface area contributed by atoms with Crippen molar-refractivity contribution < 1.29 is 9.13 Å². The highest BCUT2D eigenvalue weighted by molar-refractivity contribution is 5.83. The standard InChI is InChI=1S/C26H30FN7O2/c1-17-14-18(2)19-16-20(26(35)28-22(19)15-17)24(25-29-30-31-34(25)12-13-36-3)33-10-8-32(9-11-33)23-7-5-4-6-21(23)27/h4-7,14-16,24H,8-13H2,1-3H3,(H,28,35)/t24-/m0/s1. The van der Waals surface area contributed by atoms with Gasteiger partial charge in [0.25, 0.3) is 5.56 Å². The van der Waals surface area contributed by atoms with E-state index in [1.165, 1.54) is 6.07 Å². The molecule has 1 atom stereocenters. The van der Waals surface area contributed by atoms with Crippen LogP contribution < -0.4 is 10.5 Å². The number of para-hydroxylation sites is 1. The molecule has 0 radical (unpaired) electrons. The fourth-order valence-corrected chi connectivity index (χ4v) is 5.07. The molecule has 0 spiro atoms. The molecule has 0 aliphatic carbocycles. The minimum atomic E-state index is -0.464. The second-order valence-electron chi connectivity index (χ2n) is 9.23. The summed E-state index contributed by atoms with van der Waals surface area (Å²) >= 11 is 0. The zero-order valence-corrected chi connectivity index (χ0v) is 20.7. The Hall–Kier alpha value is -3.63. The van der Waals surface area contributed by atoms with Gasteiger partial charge >= 0.3 is 0 Å². The van der Waals surface area contributed by atoms with Gasteiger partial charge in [0.15, 0.2) is 5.82 Å². The van der Waals surface area contributed by atoms with Crippen LogP contribution >= 0.6 is 0 Å². The van der Waals surface area contributed by atoms with E-state index in [-0.39, 0.29) is 11.4 Å². The van der Waals surface area contributed by atoms with Crippen LogP contribution in [0.2, 0.25) is 0 Å². The molecule has 5 rings (SSSR count). The predicted octanol–water partition coefficient (Wildman–Crippen LogP) is 2.83. The number of H-pyrrole nitrogens is 1. The van der Waals surface area contributed by atoms with E-state index in [1.54, 1.807) is 23.9 Å². The maximum absolute atomic E-state index is 14.4. The van der Waals surface area contributed by atoms with E-state index in [1.807, 2.05) is 36.9 Å². The summed E-state index contributed by atoms with van der Waals surface area (Å²) in [5.74, 6) is 0.351. The average molecular weight is 492 g/mol. The van der Waals surface area contributed by atoms with Gasteiger partial charge in [0.2, 0.25) is 0 Å². The van der Waals surface area contributed by atoms with Gasteiger partial charge in [0.05, 0.1) is 18.8 Å². The Morgan fingerprint density at radius 3 is 2.64 bits per heavy atom. The van der Waals surface area contributed by atoms with Gasteiger partial charge in [-0.1, -0.05) is 18.2 Å². The number of anilines is 1. The Morgan fingerprint density at radius 1 is 1.11 bits per heavy atom. The number of aromatic nitrogens is 5. The number of hydrogen-bond donors (Lipinski definition) is 1. The van der Waals surface area contributed by atoms with Crippen molar-refractivity contribution in [3.8, 4) is 0 Å². The molecule has 1 N–H and O–H groups in total. The first-order chi connectivity index (χ1) is 17.5. The van der Waals surface area contributed by atoms with Crippen LogP contribution in [0.4, 0.5) is 10.1 Å². The summed E-state index contributed by atoms with van der Waals surface area (Å²) in [5.41, 5.74) is 3.99. The van der Waals surface area contributed by atoms with Gasteiger partial charge < -0.3 is 14.6 Å². The highest BCUT2D eigenvalue weighted by Crippen LogP contribution is 2.30. The van der Waals surface area contributed by atoms with Crippen LogP contribution in [0.1, 0.15) is 28.6 Å². The number of nitrogens with one attached hydrogen (secondary N) is 1. The van der Waals surface area contributed by atoms with Gasteiger partial charge in [0, 0.05) is 49.8 Å². The molecule has 188 valence electrons. The molecule has 36 heavy (non-hydrogen) atoms. The third-order valence-corrected chi connectivity index (χ3v) is 6.82. The summed E-state index contributed by atoms with van der Waals surface area (Å²) in [5, 5.41) is 13.4. The lowest BCUT2D eigenvalue weighted by molar-refractivity contribution is 0.171. The van der Waals surface area contributed by atoms with Crippen molar-refractivity contribution in [2.24, 2.45) is 0 Å². The molecule has 1 aliphatic rings. The number of fused-ring (bicyclic) bond motifs is 1. The van der Waals surface area contributed by atoms with Gasteiger partial charge in [-0.2, -0.15) is 0 Å². The van der Waals surface area contributed by atoms with Gasteiger partial charge in [-0.3, -0.25) is 9.69 Å². The molecule has 3 heterocycles. The molecule has 0 saturated carbocycles. The largest absolute Gasteiger partial charge is 0.383 e. The zero-order valence-electron chi connectivity index (χ0n) is 20.7. The lowest BCUT2D eigenvalue weighted by atomic mass is 9.99. The molecule has 9 nitrogen and oxygen atoms in total. The van der Waals surface area contributed by atoms with Crippen LogP contribution in [-0.4, -0.2) is 70.0 Å². The summed E-state index contributed by atoms with van der Waals surface area (Å²) in [6.07, 6.45) is 0. The van der Waals surface area contributed by atoms with Crippen molar-refractivity contribution >= 4 is 16.6 Å². The first kappa shape index (κ1) is 24.1. The topological polar surface area (TPSA) is 92.2 Å². The number of hydrogen-bond acceptors (Lipinski definition) is 7. The molecule has 0 bridgehead atoms. The Bertz CT molecular complexity index is 1430. The maximum atomic E-state index is 14.4. The number of aromatic amines is 1. The molecular formula is C26H30FN7O2. The van der Waals surface area contributed by atoms with Crippen LogP contribution in [0.3, 0.4) is 0 Å². The monoisotopic (exact) mass is 491 g/mol. The first-order valence-electron chi connectivity index (χ1n) is 12.1. The van der Waals surface area contributed by atoms with Crippen LogP contribution in [0, 0.1) is 19.7 Å². The SMILES string of the molecule is COCCn1nnnc1[C@H](c1cc2c(C)cc(C)cc2[nH]c1=O)N1CCN(c2ccccc2F)CC1. The zero-order chi connectivity index (χ0) is 25.2. The number of rotatable bonds is 7. The number of pyridine rings is 1. The highest BCUT2D eigenvalue weighted by atomic mass is 19.1. The second-order valence-corrected chi connectivity index (χ2v) is 9.23. The van der Waals surface area contributed by atoms with Gasteiger partial charge in [-0.25, -0.2) is 9.07 Å². The van der Waals surface area contributed by atoms with Crippen LogP contribution in [0.15, 0.2) is 47.3 Å². The average Bonchev–Trinajstić information content (AvgIpc) is 3.32. The Kier molecular flexibility index (Phi) is 6.80. The van der Waals surface area contributed by atoms with Gasteiger partial charge in [-0.05, 0) is 59.7 Å². The summed E-state index contributed by atoms with van der Waals surface area (Å²) in [4.78, 5) is 20.8.